The van der Waals surface area contributed by atoms with E-state index >= 15 is 0 Å². The first-order chi connectivity index (χ1) is 12.4. The van der Waals surface area contributed by atoms with E-state index in [9.17, 15) is 9.59 Å². The van der Waals surface area contributed by atoms with Crippen molar-refractivity contribution < 1.29 is 19.1 Å². The van der Waals surface area contributed by atoms with Crippen molar-refractivity contribution in [3.63, 3.8) is 0 Å². The van der Waals surface area contributed by atoms with Crippen LogP contribution in [-0.2, 0) is 9.59 Å². The second kappa shape index (κ2) is 9.14. The zero-order valence-corrected chi connectivity index (χ0v) is 16.7. The molecule has 0 aliphatic carbocycles. The topological polar surface area (TPSA) is 80.2 Å². The maximum Gasteiger partial charge on any atom is 0.242 e. The van der Waals surface area contributed by atoms with Crippen LogP contribution in [0.1, 0.15) is 20.3 Å². The summed E-state index contributed by atoms with van der Waals surface area (Å²) in [7, 11) is 2.97. The Labute approximate surface area is 162 Å². The molecule has 0 radical (unpaired) electrons. The van der Waals surface area contributed by atoms with Gasteiger partial charge in [-0.2, -0.15) is 0 Å². The van der Waals surface area contributed by atoms with E-state index in [1.54, 1.807) is 17.0 Å². The van der Waals surface area contributed by atoms with Crippen LogP contribution in [-0.4, -0.2) is 54.4 Å². The number of carbonyl (C=O) groups excluding carboxylic acids is 2. The zero-order valence-electron chi connectivity index (χ0n) is 15.2. The molecule has 142 valence electrons. The molecule has 1 atom stereocenters. The molecule has 2 rings (SSSR count). The fraction of sp³-hybridized carbons (Fsp3) is 0.471. The van der Waals surface area contributed by atoms with Crippen LogP contribution >= 0.6 is 23.4 Å². The lowest BCUT2D eigenvalue weighted by atomic mass is 10.2. The van der Waals surface area contributed by atoms with Gasteiger partial charge in [0.1, 0.15) is 16.7 Å². The maximum atomic E-state index is 12.5. The minimum absolute atomic E-state index is 0.0385. The van der Waals surface area contributed by atoms with E-state index in [0.29, 0.717) is 40.5 Å². The number of hydrogen-bond acceptors (Lipinski definition) is 6. The van der Waals surface area contributed by atoms with Gasteiger partial charge in [0.15, 0.2) is 5.17 Å². The molecule has 2 amide bonds. The van der Waals surface area contributed by atoms with Crippen LogP contribution < -0.4 is 14.8 Å². The third-order valence-electron chi connectivity index (χ3n) is 3.75. The molecule has 0 saturated carbocycles. The van der Waals surface area contributed by atoms with Gasteiger partial charge in [0.2, 0.25) is 11.8 Å². The second-order valence-electron chi connectivity index (χ2n) is 5.39. The van der Waals surface area contributed by atoms with E-state index in [-0.39, 0.29) is 18.2 Å². The molecule has 0 bridgehead atoms. The largest absolute Gasteiger partial charge is 0.495 e. The number of aliphatic imine (C=N–C) groups is 1. The summed E-state index contributed by atoms with van der Waals surface area (Å²) in [5.41, 5.74) is 0.434. The van der Waals surface area contributed by atoms with Crippen LogP contribution in [0.5, 0.6) is 11.5 Å². The highest BCUT2D eigenvalue weighted by Gasteiger charge is 2.38. The van der Waals surface area contributed by atoms with E-state index in [2.05, 4.69) is 10.3 Å². The van der Waals surface area contributed by atoms with Crippen LogP contribution in [0.15, 0.2) is 17.1 Å². The Morgan fingerprint density at radius 3 is 2.58 bits per heavy atom. The summed E-state index contributed by atoms with van der Waals surface area (Å²) in [5.74, 6) is 0.439. The predicted octanol–water partition coefficient (Wildman–Crippen LogP) is 3.03. The van der Waals surface area contributed by atoms with Crippen LogP contribution in [0.4, 0.5) is 5.69 Å². The summed E-state index contributed by atoms with van der Waals surface area (Å²) in [6.07, 6.45) is 0.0385. The van der Waals surface area contributed by atoms with Crippen molar-refractivity contribution in [3.05, 3.63) is 17.2 Å². The Hall–Kier alpha value is -1.93. The lowest BCUT2D eigenvalue weighted by Crippen LogP contribution is -2.33. The highest BCUT2D eigenvalue weighted by Crippen LogP contribution is 2.36. The number of ether oxygens (including phenoxy) is 2. The monoisotopic (exact) mass is 399 g/mol. The number of thioether (sulfide) groups is 1. The highest BCUT2D eigenvalue weighted by molar-refractivity contribution is 8.15. The van der Waals surface area contributed by atoms with Crippen molar-refractivity contribution in [1.29, 1.82) is 0 Å². The van der Waals surface area contributed by atoms with Crippen molar-refractivity contribution in [2.75, 3.05) is 32.6 Å². The number of halogens is 1. The average Bonchev–Trinajstić information content (AvgIpc) is 2.90. The molecule has 1 N–H and O–H groups in total. The molecular weight excluding hydrogens is 378 g/mol. The molecule has 1 aliphatic heterocycles. The first-order valence-electron chi connectivity index (χ1n) is 8.18. The van der Waals surface area contributed by atoms with E-state index in [4.69, 9.17) is 21.1 Å². The molecule has 7 nitrogen and oxygen atoms in total. The number of anilines is 1. The van der Waals surface area contributed by atoms with Crippen LogP contribution in [0.25, 0.3) is 0 Å². The predicted molar refractivity (Wildman–Crippen MR) is 105 cm³/mol. The molecule has 26 heavy (non-hydrogen) atoms. The molecule has 1 fully saturated rings. The third kappa shape index (κ3) is 4.42. The summed E-state index contributed by atoms with van der Waals surface area (Å²) < 4.78 is 10.4. The molecular formula is C17H22ClN3O4S. The number of methoxy groups -OCH3 is 2. The van der Waals surface area contributed by atoms with Crippen molar-refractivity contribution in [3.8, 4) is 11.5 Å². The molecule has 0 spiro atoms. The smallest absolute Gasteiger partial charge is 0.242 e. The Kier molecular flexibility index (Phi) is 7.16. The van der Waals surface area contributed by atoms with Crippen molar-refractivity contribution >= 4 is 46.0 Å². The van der Waals surface area contributed by atoms with Gasteiger partial charge in [-0.15, -0.1) is 0 Å². The molecule has 1 saturated heterocycles. The van der Waals surface area contributed by atoms with Crippen molar-refractivity contribution in [2.45, 2.75) is 25.5 Å². The third-order valence-corrected chi connectivity index (χ3v) is 5.26. The Morgan fingerprint density at radius 2 is 2.00 bits per heavy atom. The summed E-state index contributed by atoms with van der Waals surface area (Å²) in [4.78, 5) is 30.9. The van der Waals surface area contributed by atoms with Crippen molar-refractivity contribution in [1.82, 2.24) is 4.90 Å². The van der Waals surface area contributed by atoms with Gasteiger partial charge in [-0.25, -0.2) is 0 Å². The number of nitrogens with zero attached hydrogens (tertiary/aromatic N) is 2. The zero-order chi connectivity index (χ0) is 19.3. The Bertz CT molecular complexity index is 726. The maximum absolute atomic E-state index is 12.5. The van der Waals surface area contributed by atoms with E-state index < -0.39 is 5.25 Å². The molecule has 1 aliphatic rings. The first-order valence-corrected chi connectivity index (χ1v) is 9.44. The summed E-state index contributed by atoms with van der Waals surface area (Å²) >= 11 is 7.39. The van der Waals surface area contributed by atoms with Crippen molar-refractivity contribution in [2.24, 2.45) is 4.99 Å². The molecule has 9 heteroatoms. The lowest BCUT2D eigenvalue weighted by Gasteiger charge is -2.14. The number of benzene rings is 1. The van der Waals surface area contributed by atoms with E-state index in [1.165, 1.54) is 26.0 Å². The molecule has 1 aromatic rings. The van der Waals surface area contributed by atoms with Crippen LogP contribution in [0.3, 0.4) is 0 Å². The Balaban J connectivity index is 2.12. The quantitative estimate of drug-likeness (QED) is 0.762. The fourth-order valence-electron chi connectivity index (χ4n) is 2.52. The molecule has 0 aromatic heterocycles. The summed E-state index contributed by atoms with van der Waals surface area (Å²) in [6.45, 7) is 4.92. The number of carbonyl (C=O) groups is 2. The Morgan fingerprint density at radius 1 is 1.31 bits per heavy atom. The first kappa shape index (κ1) is 20.4. The number of nitrogens with one attached hydrogen (secondary N) is 1. The summed E-state index contributed by atoms with van der Waals surface area (Å²) in [5, 5.41) is 3.33. The van der Waals surface area contributed by atoms with E-state index in [1.807, 2.05) is 13.8 Å². The van der Waals surface area contributed by atoms with Gasteiger partial charge >= 0.3 is 0 Å². The molecule has 1 unspecified atom stereocenters. The normalized spacial score (nSPS) is 18.3. The van der Waals surface area contributed by atoms with Gasteiger partial charge in [-0.3, -0.25) is 19.5 Å². The van der Waals surface area contributed by atoms with Gasteiger partial charge in [0.05, 0.1) is 24.9 Å². The minimum Gasteiger partial charge on any atom is -0.495 e. The van der Waals surface area contributed by atoms with Crippen LogP contribution in [0, 0.1) is 0 Å². The van der Waals surface area contributed by atoms with Gasteiger partial charge in [0, 0.05) is 31.6 Å². The van der Waals surface area contributed by atoms with E-state index in [0.717, 1.165) is 0 Å². The lowest BCUT2D eigenvalue weighted by molar-refractivity contribution is -0.128. The average molecular weight is 400 g/mol. The molecule has 1 heterocycles. The SMILES string of the molecule is CCN=C1SC(CC(=O)Nc2cc(OC)c(Cl)cc2OC)C(=O)N1CC. The number of hydrogen-bond donors (Lipinski definition) is 1. The number of amides is 2. The second-order valence-corrected chi connectivity index (χ2v) is 6.96. The van der Waals surface area contributed by atoms with Gasteiger partial charge in [-0.1, -0.05) is 23.4 Å². The van der Waals surface area contributed by atoms with Crippen LogP contribution in [0.2, 0.25) is 5.02 Å². The number of amidine groups is 1. The fourth-order valence-corrected chi connectivity index (χ4v) is 4.01. The van der Waals surface area contributed by atoms with Gasteiger partial charge in [0.25, 0.3) is 0 Å². The van der Waals surface area contributed by atoms with Gasteiger partial charge in [-0.05, 0) is 13.8 Å². The molecule has 1 aromatic carbocycles. The summed E-state index contributed by atoms with van der Waals surface area (Å²) in [6, 6.07) is 3.15. The standard InChI is InChI=1S/C17H22ClN3O4S/c1-5-19-17-21(6-2)16(23)14(26-17)9-15(22)20-11-8-12(24-3)10(18)7-13(11)25-4/h7-8,14H,5-6,9H2,1-4H3,(H,20,22). The minimum atomic E-state index is -0.486. The van der Waals surface area contributed by atoms with Gasteiger partial charge < -0.3 is 14.8 Å². The highest BCUT2D eigenvalue weighted by atomic mass is 35.5. The number of rotatable bonds is 7.